The lowest BCUT2D eigenvalue weighted by Gasteiger charge is -2.09. The lowest BCUT2D eigenvalue weighted by Crippen LogP contribution is -2.17. The molecular formula is C16H18O4. The maximum Gasteiger partial charge on any atom is 0.330 e. The second-order valence-corrected chi connectivity index (χ2v) is 4.86. The number of ether oxygens (including phenoxy) is 2. The van der Waals surface area contributed by atoms with Gasteiger partial charge in [0.2, 0.25) is 0 Å². The zero-order valence-electron chi connectivity index (χ0n) is 11.3. The lowest BCUT2D eigenvalue weighted by atomic mass is 10.1. The Hall–Kier alpha value is -2.10. The molecule has 1 aromatic rings. The second-order valence-electron chi connectivity index (χ2n) is 4.86. The Morgan fingerprint density at radius 3 is 2.45 bits per heavy atom. The van der Waals surface area contributed by atoms with Crippen LogP contribution in [0.1, 0.15) is 31.2 Å². The van der Waals surface area contributed by atoms with E-state index in [4.69, 9.17) is 9.47 Å². The van der Waals surface area contributed by atoms with Gasteiger partial charge in [0.05, 0.1) is 5.92 Å². The Morgan fingerprint density at radius 2 is 1.85 bits per heavy atom. The zero-order valence-corrected chi connectivity index (χ0v) is 11.3. The van der Waals surface area contributed by atoms with Crippen LogP contribution < -0.4 is 4.74 Å². The summed E-state index contributed by atoms with van der Waals surface area (Å²) >= 11 is 0. The molecule has 0 aliphatic heterocycles. The molecule has 0 N–H and O–H groups in total. The molecule has 0 heterocycles. The van der Waals surface area contributed by atoms with E-state index in [0.717, 1.165) is 37.3 Å². The highest BCUT2D eigenvalue weighted by molar-refractivity contribution is 5.81. The summed E-state index contributed by atoms with van der Waals surface area (Å²) in [5.74, 6) is -0.0287. The second kappa shape index (κ2) is 6.89. The van der Waals surface area contributed by atoms with Gasteiger partial charge in [0.15, 0.2) is 0 Å². The molecular weight excluding hydrogens is 256 g/mol. The van der Waals surface area contributed by atoms with Crippen LogP contribution in [0.25, 0.3) is 0 Å². The average Bonchev–Trinajstić information content (AvgIpc) is 3.00. The average molecular weight is 274 g/mol. The van der Waals surface area contributed by atoms with Gasteiger partial charge in [-0.05, 0) is 30.5 Å². The van der Waals surface area contributed by atoms with Crippen molar-refractivity contribution >= 4 is 11.9 Å². The smallest absolute Gasteiger partial charge is 0.330 e. The number of carbonyl (C=O) groups excluding carboxylic acids is 2. The standard InChI is InChI=1S/C16H18O4/c1-2-15(17)19-11-12-7-9-14(10-8-12)20-16(18)13-5-3-4-6-13/h2,7-10,13H,1,3-6,11H2. The van der Waals surface area contributed by atoms with E-state index in [-0.39, 0.29) is 18.5 Å². The molecule has 1 saturated carbocycles. The van der Waals surface area contributed by atoms with Crippen LogP contribution in [0.2, 0.25) is 0 Å². The molecule has 1 aliphatic carbocycles. The first-order valence-electron chi connectivity index (χ1n) is 6.79. The van der Waals surface area contributed by atoms with Gasteiger partial charge in [0, 0.05) is 6.08 Å². The first kappa shape index (κ1) is 14.3. The summed E-state index contributed by atoms with van der Waals surface area (Å²) in [6, 6.07) is 6.97. The van der Waals surface area contributed by atoms with E-state index in [9.17, 15) is 9.59 Å². The predicted molar refractivity (Wildman–Crippen MR) is 74.0 cm³/mol. The van der Waals surface area contributed by atoms with Gasteiger partial charge in [-0.2, -0.15) is 0 Å². The highest BCUT2D eigenvalue weighted by atomic mass is 16.5. The van der Waals surface area contributed by atoms with Crippen molar-refractivity contribution in [3.63, 3.8) is 0 Å². The monoisotopic (exact) mass is 274 g/mol. The minimum Gasteiger partial charge on any atom is -0.458 e. The van der Waals surface area contributed by atoms with Gasteiger partial charge in [0.1, 0.15) is 12.4 Å². The summed E-state index contributed by atoms with van der Waals surface area (Å²) < 4.78 is 10.3. The summed E-state index contributed by atoms with van der Waals surface area (Å²) in [4.78, 5) is 22.8. The van der Waals surface area contributed by atoms with Crippen molar-refractivity contribution in [2.45, 2.75) is 32.3 Å². The third-order valence-electron chi connectivity index (χ3n) is 3.38. The molecule has 1 fully saturated rings. The lowest BCUT2D eigenvalue weighted by molar-refractivity contribution is -0.139. The number of hydrogen-bond acceptors (Lipinski definition) is 4. The van der Waals surface area contributed by atoms with Gasteiger partial charge in [-0.1, -0.05) is 31.6 Å². The van der Waals surface area contributed by atoms with Crippen molar-refractivity contribution < 1.29 is 19.1 Å². The molecule has 0 amide bonds. The van der Waals surface area contributed by atoms with Crippen LogP contribution in [0.3, 0.4) is 0 Å². The van der Waals surface area contributed by atoms with Crippen molar-refractivity contribution in [1.82, 2.24) is 0 Å². The van der Waals surface area contributed by atoms with Crippen molar-refractivity contribution in [1.29, 1.82) is 0 Å². The Bertz CT molecular complexity index is 484. The minimum absolute atomic E-state index is 0.0447. The minimum atomic E-state index is -0.457. The molecule has 0 atom stereocenters. The van der Waals surface area contributed by atoms with Crippen molar-refractivity contribution in [3.8, 4) is 5.75 Å². The van der Waals surface area contributed by atoms with Crippen LogP contribution in [0.4, 0.5) is 0 Å². The van der Waals surface area contributed by atoms with Crippen molar-refractivity contribution in [2.24, 2.45) is 5.92 Å². The molecule has 1 aliphatic rings. The highest BCUT2D eigenvalue weighted by Crippen LogP contribution is 2.26. The van der Waals surface area contributed by atoms with E-state index >= 15 is 0 Å². The molecule has 2 rings (SSSR count). The fraction of sp³-hybridized carbons (Fsp3) is 0.375. The molecule has 4 nitrogen and oxygen atoms in total. The van der Waals surface area contributed by atoms with E-state index in [0.29, 0.717) is 5.75 Å². The number of benzene rings is 1. The topological polar surface area (TPSA) is 52.6 Å². The summed E-state index contributed by atoms with van der Waals surface area (Å²) in [5.41, 5.74) is 0.834. The fourth-order valence-electron chi connectivity index (χ4n) is 2.23. The molecule has 0 spiro atoms. The number of hydrogen-bond donors (Lipinski definition) is 0. The molecule has 106 valence electrons. The van der Waals surface area contributed by atoms with Crippen molar-refractivity contribution in [3.05, 3.63) is 42.5 Å². The quantitative estimate of drug-likeness (QED) is 0.470. The van der Waals surface area contributed by atoms with Gasteiger partial charge < -0.3 is 9.47 Å². The Balaban J connectivity index is 1.86. The van der Waals surface area contributed by atoms with E-state index in [1.54, 1.807) is 24.3 Å². The third kappa shape index (κ3) is 3.95. The summed E-state index contributed by atoms with van der Waals surface area (Å²) in [5, 5.41) is 0. The van der Waals surface area contributed by atoms with E-state index in [1.807, 2.05) is 0 Å². The normalized spacial score (nSPS) is 14.8. The molecule has 0 radical (unpaired) electrons. The summed E-state index contributed by atoms with van der Waals surface area (Å²) in [6.07, 6.45) is 5.18. The highest BCUT2D eigenvalue weighted by Gasteiger charge is 2.24. The summed E-state index contributed by atoms with van der Waals surface area (Å²) in [6.45, 7) is 3.51. The van der Waals surface area contributed by atoms with Gasteiger partial charge >= 0.3 is 11.9 Å². The van der Waals surface area contributed by atoms with E-state index in [1.165, 1.54) is 0 Å². The number of rotatable bonds is 5. The predicted octanol–water partition coefficient (Wildman–Crippen LogP) is 3.01. The SMILES string of the molecule is C=CC(=O)OCc1ccc(OC(=O)C2CCCC2)cc1. The number of esters is 2. The van der Waals surface area contributed by atoms with E-state index in [2.05, 4.69) is 6.58 Å². The molecule has 0 bridgehead atoms. The van der Waals surface area contributed by atoms with Crippen LogP contribution in [-0.4, -0.2) is 11.9 Å². The third-order valence-corrected chi connectivity index (χ3v) is 3.38. The van der Waals surface area contributed by atoms with Gasteiger partial charge in [-0.15, -0.1) is 0 Å². The van der Waals surface area contributed by atoms with Crippen LogP contribution in [-0.2, 0) is 20.9 Å². The molecule has 4 heteroatoms. The van der Waals surface area contributed by atoms with Crippen LogP contribution >= 0.6 is 0 Å². The van der Waals surface area contributed by atoms with Crippen LogP contribution in [0.5, 0.6) is 5.75 Å². The van der Waals surface area contributed by atoms with Crippen LogP contribution in [0, 0.1) is 5.92 Å². The first-order chi connectivity index (χ1) is 9.69. The zero-order chi connectivity index (χ0) is 14.4. The Kier molecular flexibility index (Phi) is 4.93. The molecule has 20 heavy (non-hydrogen) atoms. The fourth-order valence-corrected chi connectivity index (χ4v) is 2.23. The van der Waals surface area contributed by atoms with Gasteiger partial charge in [0.25, 0.3) is 0 Å². The largest absolute Gasteiger partial charge is 0.458 e. The Morgan fingerprint density at radius 1 is 1.20 bits per heavy atom. The van der Waals surface area contributed by atoms with Crippen molar-refractivity contribution in [2.75, 3.05) is 0 Å². The molecule has 1 aromatic carbocycles. The maximum atomic E-state index is 11.9. The maximum absolute atomic E-state index is 11.9. The van der Waals surface area contributed by atoms with Gasteiger partial charge in [-0.25, -0.2) is 4.79 Å². The molecule has 0 saturated heterocycles. The summed E-state index contributed by atoms with van der Waals surface area (Å²) in [7, 11) is 0. The van der Waals surface area contributed by atoms with Gasteiger partial charge in [-0.3, -0.25) is 4.79 Å². The Labute approximate surface area is 118 Å². The van der Waals surface area contributed by atoms with Crippen LogP contribution in [0.15, 0.2) is 36.9 Å². The number of carbonyl (C=O) groups is 2. The molecule has 0 aromatic heterocycles. The molecule has 0 unspecified atom stereocenters. The van der Waals surface area contributed by atoms with E-state index < -0.39 is 5.97 Å². The first-order valence-corrected chi connectivity index (χ1v) is 6.79.